The minimum absolute atomic E-state index is 0.0108. The summed E-state index contributed by atoms with van der Waals surface area (Å²) in [5, 5.41) is 0. The molecule has 1 heterocycles. The van der Waals surface area contributed by atoms with Gasteiger partial charge in [0, 0.05) is 23.7 Å². The number of ether oxygens (including phenoxy) is 1. The molecule has 5 heteroatoms. The molecule has 1 aromatic heterocycles. The van der Waals surface area contributed by atoms with Gasteiger partial charge >= 0.3 is 0 Å². The van der Waals surface area contributed by atoms with Gasteiger partial charge in [0.25, 0.3) is 0 Å². The third-order valence-electron chi connectivity index (χ3n) is 4.41. The van der Waals surface area contributed by atoms with Crippen LogP contribution in [0.5, 0.6) is 5.75 Å². The first kappa shape index (κ1) is 19.4. The van der Waals surface area contributed by atoms with Gasteiger partial charge < -0.3 is 4.74 Å². The number of halogens is 1. The smallest absolute Gasteiger partial charge is 0.168 e. The van der Waals surface area contributed by atoms with E-state index >= 15 is 0 Å². The molecule has 3 rings (SSSR count). The molecule has 2 aromatic carbocycles. The summed E-state index contributed by atoms with van der Waals surface area (Å²) in [6.07, 6.45) is 2.93. The summed E-state index contributed by atoms with van der Waals surface area (Å²) >= 11 is 0. The zero-order chi connectivity index (χ0) is 20.1. The zero-order valence-corrected chi connectivity index (χ0v) is 15.7. The van der Waals surface area contributed by atoms with Crippen molar-refractivity contribution in [2.24, 2.45) is 0 Å². The van der Waals surface area contributed by atoms with E-state index in [2.05, 4.69) is 4.98 Å². The maximum Gasteiger partial charge on any atom is 0.168 e. The van der Waals surface area contributed by atoms with Crippen LogP contribution in [0.2, 0.25) is 0 Å². The van der Waals surface area contributed by atoms with E-state index in [9.17, 15) is 14.0 Å². The fourth-order valence-electron chi connectivity index (χ4n) is 2.79. The highest BCUT2D eigenvalue weighted by molar-refractivity contribution is 5.97. The fourth-order valence-corrected chi connectivity index (χ4v) is 2.79. The van der Waals surface area contributed by atoms with E-state index in [1.54, 1.807) is 36.5 Å². The molecule has 1 atom stereocenters. The lowest BCUT2D eigenvalue weighted by Crippen LogP contribution is -2.07. The fraction of sp³-hybridized carbons (Fsp3) is 0.174. The quantitative estimate of drug-likeness (QED) is 0.545. The Morgan fingerprint density at radius 1 is 1.00 bits per heavy atom. The molecule has 0 aliphatic carbocycles. The van der Waals surface area contributed by atoms with E-state index in [0.29, 0.717) is 16.9 Å². The van der Waals surface area contributed by atoms with Crippen LogP contribution >= 0.6 is 0 Å². The van der Waals surface area contributed by atoms with Crippen LogP contribution in [-0.2, 0) is 6.42 Å². The summed E-state index contributed by atoms with van der Waals surface area (Å²) in [6.45, 7) is 3.41. The van der Waals surface area contributed by atoms with Crippen molar-refractivity contribution >= 4 is 11.6 Å². The number of nitrogens with zero attached hydrogens (tertiary/aromatic N) is 1. The van der Waals surface area contributed by atoms with Crippen molar-refractivity contribution in [2.75, 3.05) is 0 Å². The molecule has 1 unspecified atom stereocenters. The lowest BCUT2D eigenvalue weighted by atomic mass is 10.0. The number of aromatic nitrogens is 1. The summed E-state index contributed by atoms with van der Waals surface area (Å²) in [6, 6.07) is 14.7. The molecular formula is C23H20FNO3. The highest BCUT2D eigenvalue weighted by Gasteiger charge is 2.12. The van der Waals surface area contributed by atoms with Gasteiger partial charge in [-0.05, 0) is 43.2 Å². The van der Waals surface area contributed by atoms with Gasteiger partial charge in [-0.25, -0.2) is 4.39 Å². The maximum absolute atomic E-state index is 13.0. The van der Waals surface area contributed by atoms with Crippen LogP contribution < -0.4 is 4.74 Å². The van der Waals surface area contributed by atoms with E-state index in [1.807, 2.05) is 19.1 Å². The lowest BCUT2D eigenvalue weighted by Gasteiger charge is -2.15. The zero-order valence-electron chi connectivity index (χ0n) is 15.7. The molecule has 0 saturated carbocycles. The van der Waals surface area contributed by atoms with E-state index in [-0.39, 0.29) is 29.9 Å². The van der Waals surface area contributed by atoms with Gasteiger partial charge in [-0.2, -0.15) is 0 Å². The highest BCUT2D eigenvalue weighted by atomic mass is 19.1. The third kappa shape index (κ3) is 4.88. The molecule has 0 saturated heterocycles. The molecule has 4 nitrogen and oxygen atoms in total. The van der Waals surface area contributed by atoms with Gasteiger partial charge in [0.15, 0.2) is 11.6 Å². The number of carbonyl (C=O) groups is 2. The molecule has 0 amide bonds. The Hall–Kier alpha value is -3.34. The normalized spacial score (nSPS) is 11.7. The van der Waals surface area contributed by atoms with Crippen molar-refractivity contribution in [1.29, 1.82) is 0 Å². The molecule has 0 aliphatic heterocycles. The molecule has 0 bridgehead atoms. The minimum Gasteiger partial charge on any atom is -0.484 e. The second kappa shape index (κ2) is 8.57. The molecule has 28 heavy (non-hydrogen) atoms. The number of carbonyl (C=O) groups excluding carboxylic acids is 2. The molecule has 0 radical (unpaired) electrons. The van der Waals surface area contributed by atoms with Gasteiger partial charge in [-0.15, -0.1) is 0 Å². The van der Waals surface area contributed by atoms with E-state index in [0.717, 1.165) is 11.1 Å². The van der Waals surface area contributed by atoms with E-state index in [1.165, 1.54) is 25.3 Å². The number of pyridine rings is 1. The van der Waals surface area contributed by atoms with Crippen molar-refractivity contribution in [3.05, 3.63) is 95.1 Å². The second-order valence-electron chi connectivity index (χ2n) is 6.57. The average Bonchev–Trinajstić information content (AvgIpc) is 2.70. The Morgan fingerprint density at radius 3 is 2.32 bits per heavy atom. The van der Waals surface area contributed by atoms with Crippen molar-refractivity contribution in [3.8, 4) is 5.75 Å². The van der Waals surface area contributed by atoms with Crippen LogP contribution in [0.15, 0.2) is 67.0 Å². The Labute approximate surface area is 163 Å². The average molecular weight is 377 g/mol. The van der Waals surface area contributed by atoms with Crippen molar-refractivity contribution in [2.45, 2.75) is 26.4 Å². The Balaban J connectivity index is 1.69. The van der Waals surface area contributed by atoms with Crippen LogP contribution in [0, 0.1) is 5.82 Å². The number of hydrogen-bond donors (Lipinski definition) is 0. The van der Waals surface area contributed by atoms with Gasteiger partial charge in [0.1, 0.15) is 17.7 Å². The Bertz CT molecular complexity index is 981. The van der Waals surface area contributed by atoms with Gasteiger partial charge in [-0.3, -0.25) is 14.6 Å². The summed E-state index contributed by atoms with van der Waals surface area (Å²) in [5.41, 5.74) is 2.72. The topological polar surface area (TPSA) is 56.3 Å². The van der Waals surface area contributed by atoms with Gasteiger partial charge in [0.05, 0.1) is 6.20 Å². The first-order valence-electron chi connectivity index (χ1n) is 8.92. The standard InChI is InChI=1S/C23H20FNO3/c1-15(26)18-5-7-19(8-6-18)16(2)28-22-12-20(13-25-14-22)23(27)11-17-3-9-21(24)10-4-17/h3-10,12-14,16H,11H2,1-2H3. The summed E-state index contributed by atoms with van der Waals surface area (Å²) < 4.78 is 18.9. The van der Waals surface area contributed by atoms with Crippen LogP contribution in [0.4, 0.5) is 4.39 Å². The predicted octanol–water partition coefficient (Wildman–Crippen LogP) is 4.99. The van der Waals surface area contributed by atoms with Crippen LogP contribution in [0.25, 0.3) is 0 Å². The molecule has 0 aliphatic rings. The van der Waals surface area contributed by atoms with Crippen LogP contribution in [0.1, 0.15) is 51.8 Å². The first-order chi connectivity index (χ1) is 13.4. The van der Waals surface area contributed by atoms with Crippen molar-refractivity contribution in [3.63, 3.8) is 0 Å². The molecule has 0 fully saturated rings. The molecule has 0 N–H and O–H groups in total. The summed E-state index contributed by atoms with van der Waals surface area (Å²) in [7, 11) is 0. The van der Waals surface area contributed by atoms with Crippen molar-refractivity contribution in [1.82, 2.24) is 4.98 Å². The molecule has 0 spiro atoms. The van der Waals surface area contributed by atoms with E-state index < -0.39 is 0 Å². The van der Waals surface area contributed by atoms with Gasteiger partial charge in [0.2, 0.25) is 0 Å². The van der Waals surface area contributed by atoms with Crippen LogP contribution in [-0.4, -0.2) is 16.6 Å². The lowest BCUT2D eigenvalue weighted by molar-refractivity contribution is 0.0989. The number of rotatable bonds is 7. The monoisotopic (exact) mass is 377 g/mol. The molecular weight excluding hydrogens is 357 g/mol. The number of hydrogen-bond acceptors (Lipinski definition) is 4. The van der Waals surface area contributed by atoms with Crippen molar-refractivity contribution < 1.29 is 18.7 Å². The van der Waals surface area contributed by atoms with Gasteiger partial charge in [-0.1, -0.05) is 36.4 Å². The minimum atomic E-state index is -0.335. The SMILES string of the molecule is CC(=O)c1ccc(C(C)Oc2cncc(C(=O)Cc3ccc(F)cc3)c2)cc1. The predicted molar refractivity (Wildman–Crippen MR) is 104 cm³/mol. The number of Topliss-reactive ketones (excluding diaryl/α,β-unsaturated/α-hetero) is 2. The highest BCUT2D eigenvalue weighted by Crippen LogP contribution is 2.23. The van der Waals surface area contributed by atoms with Crippen LogP contribution in [0.3, 0.4) is 0 Å². The summed E-state index contributed by atoms with van der Waals surface area (Å²) in [5.74, 6) is 0.0337. The molecule has 142 valence electrons. The maximum atomic E-state index is 13.0. The number of benzene rings is 2. The molecule has 3 aromatic rings. The van der Waals surface area contributed by atoms with E-state index in [4.69, 9.17) is 4.74 Å². The Morgan fingerprint density at radius 2 is 1.68 bits per heavy atom. The second-order valence-corrected chi connectivity index (χ2v) is 6.57. The largest absolute Gasteiger partial charge is 0.484 e. The summed E-state index contributed by atoms with van der Waals surface area (Å²) in [4.78, 5) is 28.0. The number of ketones is 2. The first-order valence-corrected chi connectivity index (χ1v) is 8.92. The Kier molecular flexibility index (Phi) is 5.94. The third-order valence-corrected chi connectivity index (χ3v) is 4.41.